The number of amides is 1. The quantitative estimate of drug-likeness (QED) is 0.139. The lowest BCUT2D eigenvalue weighted by Gasteiger charge is -2.14. The molecule has 0 bridgehead atoms. The third kappa shape index (κ3) is 5.37. The number of hydrogen-bond donors (Lipinski definition) is 1. The van der Waals surface area contributed by atoms with Crippen molar-refractivity contribution in [2.45, 2.75) is 45.6 Å². The van der Waals surface area contributed by atoms with Crippen molar-refractivity contribution >= 4 is 40.0 Å². The molecular weight excluding hydrogens is 482 g/mol. The van der Waals surface area contributed by atoms with Crippen LogP contribution in [-0.2, 0) is 22.4 Å². The van der Waals surface area contributed by atoms with E-state index in [0.717, 1.165) is 36.1 Å². The lowest BCUT2D eigenvalue weighted by molar-refractivity contribution is -0.384. The number of hydrogen-bond acceptors (Lipinski definition) is 8. The minimum absolute atomic E-state index is 0.0410. The number of nitriles is 1. The maximum absolute atomic E-state index is 13.0. The molecule has 9 nitrogen and oxygen atoms in total. The summed E-state index contributed by atoms with van der Waals surface area (Å²) in [4.78, 5) is 37.2. The second kappa shape index (κ2) is 10.6. The number of esters is 1. The molecule has 1 amide bonds. The molecule has 0 saturated carbocycles. The van der Waals surface area contributed by atoms with Gasteiger partial charge in [0, 0.05) is 28.6 Å². The molecule has 2 heterocycles. The molecule has 0 spiro atoms. The van der Waals surface area contributed by atoms with E-state index in [1.165, 1.54) is 29.5 Å². The summed E-state index contributed by atoms with van der Waals surface area (Å²) in [5, 5.41) is 23.6. The van der Waals surface area contributed by atoms with Crippen molar-refractivity contribution in [2.75, 3.05) is 5.32 Å². The summed E-state index contributed by atoms with van der Waals surface area (Å²) in [5.74, 6) is -0.456. The number of nitro groups is 1. The Labute approximate surface area is 211 Å². The van der Waals surface area contributed by atoms with Crippen LogP contribution in [0.3, 0.4) is 0 Å². The van der Waals surface area contributed by atoms with Crippen molar-refractivity contribution in [3.8, 4) is 17.4 Å². The number of carbonyl (C=O) groups is 2. The zero-order chi connectivity index (χ0) is 25.8. The number of fused-ring (bicyclic) bond motifs is 1. The van der Waals surface area contributed by atoms with E-state index < -0.39 is 16.8 Å². The van der Waals surface area contributed by atoms with Gasteiger partial charge in [0.2, 0.25) is 0 Å². The largest absolute Gasteiger partial charge is 0.459 e. The van der Waals surface area contributed by atoms with Crippen LogP contribution in [0.4, 0.5) is 10.7 Å². The highest BCUT2D eigenvalue weighted by molar-refractivity contribution is 7.17. The molecule has 0 atom stereocenters. The van der Waals surface area contributed by atoms with Gasteiger partial charge in [-0.05, 0) is 69.4 Å². The number of nitrogens with one attached hydrogen (secondary N) is 1. The van der Waals surface area contributed by atoms with Crippen LogP contribution in [0.25, 0.3) is 17.4 Å². The lowest BCUT2D eigenvalue weighted by atomic mass is 9.95. The smallest absolute Gasteiger partial charge is 0.341 e. The van der Waals surface area contributed by atoms with Crippen LogP contribution in [0.1, 0.15) is 53.2 Å². The molecule has 0 fully saturated rings. The SMILES string of the molecule is CC(C)OC(=O)c1c(NC(=O)/C(C#N)=C/c2ccc(-c3ccc([N+](=O)[O-])cc3)o2)sc2c1CCCC2. The highest BCUT2D eigenvalue weighted by Crippen LogP contribution is 2.39. The number of ether oxygens (including phenoxy) is 1. The minimum Gasteiger partial charge on any atom is -0.459 e. The van der Waals surface area contributed by atoms with Crippen LogP contribution in [0.2, 0.25) is 0 Å². The Hall–Kier alpha value is -4.23. The van der Waals surface area contributed by atoms with Gasteiger partial charge in [0.05, 0.1) is 16.6 Å². The number of thiophene rings is 1. The summed E-state index contributed by atoms with van der Waals surface area (Å²) in [7, 11) is 0. The van der Waals surface area contributed by atoms with Gasteiger partial charge in [0.15, 0.2) is 0 Å². The van der Waals surface area contributed by atoms with Crippen LogP contribution in [-0.4, -0.2) is 22.9 Å². The summed E-state index contributed by atoms with van der Waals surface area (Å²) >= 11 is 1.34. The van der Waals surface area contributed by atoms with Gasteiger partial charge < -0.3 is 14.5 Å². The topological polar surface area (TPSA) is 135 Å². The number of benzene rings is 1. The number of furan rings is 1. The highest BCUT2D eigenvalue weighted by Gasteiger charge is 2.28. The molecule has 10 heteroatoms. The average Bonchev–Trinajstić information content (AvgIpc) is 3.46. The number of carbonyl (C=O) groups excluding carboxylic acids is 2. The molecule has 1 aliphatic carbocycles. The van der Waals surface area contributed by atoms with E-state index >= 15 is 0 Å². The third-order valence-electron chi connectivity index (χ3n) is 5.59. The molecule has 0 saturated heterocycles. The number of nitrogens with zero attached hydrogens (tertiary/aromatic N) is 2. The zero-order valence-electron chi connectivity index (χ0n) is 19.7. The molecule has 0 unspecified atom stereocenters. The highest BCUT2D eigenvalue weighted by atomic mass is 32.1. The van der Waals surface area contributed by atoms with Crippen LogP contribution in [0.15, 0.2) is 46.4 Å². The van der Waals surface area contributed by atoms with E-state index in [2.05, 4.69) is 5.32 Å². The molecule has 184 valence electrons. The molecule has 1 N–H and O–H groups in total. The molecule has 0 radical (unpaired) electrons. The van der Waals surface area contributed by atoms with Gasteiger partial charge >= 0.3 is 5.97 Å². The maximum atomic E-state index is 13.0. The van der Waals surface area contributed by atoms with Gasteiger partial charge in [-0.15, -0.1) is 11.3 Å². The molecule has 3 aromatic rings. The van der Waals surface area contributed by atoms with E-state index in [1.807, 2.05) is 6.07 Å². The summed E-state index contributed by atoms with van der Waals surface area (Å²) in [6.45, 7) is 3.53. The predicted octanol–water partition coefficient (Wildman–Crippen LogP) is 5.91. The molecular formula is C26H23N3O6S. The first-order valence-corrected chi connectivity index (χ1v) is 12.2. The number of rotatable bonds is 7. The molecule has 4 rings (SSSR count). The van der Waals surface area contributed by atoms with E-state index in [9.17, 15) is 25.0 Å². The number of non-ortho nitro benzene ring substituents is 1. The Balaban J connectivity index is 1.57. The zero-order valence-corrected chi connectivity index (χ0v) is 20.5. The standard InChI is InChI=1S/C26H23N3O6S/c1-15(2)34-26(31)23-20-5-3-4-6-22(20)36-25(23)28-24(30)17(14-27)13-19-11-12-21(35-19)16-7-9-18(10-8-16)29(32)33/h7-13,15H,3-6H2,1-2H3,(H,28,30)/b17-13+. The monoisotopic (exact) mass is 505 g/mol. The Bertz CT molecular complexity index is 1390. The van der Waals surface area contributed by atoms with Gasteiger partial charge in [0.1, 0.15) is 28.2 Å². The average molecular weight is 506 g/mol. The summed E-state index contributed by atoms with van der Waals surface area (Å²) in [5.41, 5.74) is 1.65. The Morgan fingerprint density at radius 1 is 1.19 bits per heavy atom. The van der Waals surface area contributed by atoms with Crippen LogP contribution >= 0.6 is 11.3 Å². The molecule has 1 aromatic carbocycles. The van der Waals surface area contributed by atoms with Crippen molar-refractivity contribution in [3.05, 3.63) is 73.8 Å². The maximum Gasteiger partial charge on any atom is 0.341 e. The second-order valence-electron chi connectivity index (χ2n) is 8.50. The van der Waals surface area contributed by atoms with Crippen molar-refractivity contribution in [2.24, 2.45) is 0 Å². The second-order valence-corrected chi connectivity index (χ2v) is 9.60. The van der Waals surface area contributed by atoms with E-state index in [1.54, 1.807) is 38.1 Å². The first-order chi connectivity index (χ1) is 17.3. The normalized spacial score (nSPS) is 13.1. The first kappa shape index (κ1) is 24.9. The minimum atomic E-state index is -0.664. The first-order valence-electron chi connectivity index (χ1n) is 11.4. The Kier molecular flexibility index (Phi) is 7.31. The van der Waals surface area contributed by atoms with Crippen molar-refractivity contribution < 1.29 is 23.7 Å². The molecule has 2 aromatic heterocycles. The van der Waals surface area contributed by atoms with Crippen LogP contribution in [0, 0.1) is 21.4 Å². The van der Waals surface area contributed by atoms with Crippen molar-refractivity contribution in [1.82, 2.24) is 0 Å². The van der Waals surface area contributed by atoms with Gasteiger partial charge in [-0.1, -0.05) is 0 Å². The van der Waals surface area contributed by atoms with Gasteiger partial charge in [-0.2, -0.15) is 5.26 Å². The lowest BCUT2D eigenvalue weighted by Crippen LogP contribution is -2.18. The van der Waals surface area contributed by atoms with Crippen LogP contribution in [0.5, 0.6) is 0 Å². The van der Waals surface area contributed by atoms with Crippen molar-refractivity contribution in [1.29, 1.82) is 5.26 Å². The fraction of sp³-hybridized carbons (Fsp3) is 0.269. The molecule has 1 aliphatic rings. The summed E-state index contributed by atoms with van der Waals surface area (Å²) < 4.78 is 11.1. The number of aryl methyl sites for hydroxylation is 1. The summed E-state index contributed by atoms with van der Waals surface area (Å²) in [6.07, 6.45) is 4.54. The van der Waals surface area contributed by atoms with Gasteiger partial charge in [-0.25, -0.2) is 4.79 Å². The number of anilines is 1. The predicted molar refractivity (Wildman–Crippen MR) is 135 cm³/mol. The molecule has 0 aliphatic heterocycles. The number of nitro benzene ring substituents is 1. The molecule has 36 heavy (non-hydrogen) atoms. The van der Waals surface area contributed by atoms with E-state index in [4.69, 9.17) is 9.15 Å². The van der Waals surface area contributed by atoms with Gasteiger partial charge in [0.25, 0.3) is 11.6 Å². The fourth-order valence-corrected chi connectivity index (χ4v) is 5.21. The fourth-order valence-electron chi connectivity index (χ4n) is 3.94. The third-order valence-corrected chi connectivity index (χ3v) is 6.79. The van der Waals surface area contributed by atoms with Crippen LogP contribution < -0.4 is 5.32 Å². The van der Waals surface area contributed by atoms with Gasteiger partial charge in [-0.3, -0.25) is 14.9 Å². The van der Waals surface area contributed by atoms with Crippen molar-refractivity contribution in [3.63, 3.8) is 0 Å². The van der Waals surface area contributed by atoms with E-state index in [-0.39, 0.29) is 23.1 Å². The summed E-state index contributed by atoms with van der Waals surface area (Å²) in [6, 6.07) is 11.0. The Morgan fingerprint density at radius 3 is 2.58 bits per heavy atom. The Morgan fingerprint density at radius 2 is 1.92 bits per heavy atom. The van der Waals surface area contributed by atoms with E-state index in [0.29, 0.717) is 21.9 Å².